The van der Waals surface area contributed by atoms with Gasteiger partial charge in [0, 0.05) is 17.0 Å². The third-order valence-electron chi connectivity index (χ3n) is 4.37. The smallest absolute Gasteiger partial charge is 0.0931 e. The van der Waals surface area contributed by atoms with Crippen molar-refractivity contribution in [3.05, 3.63) is 21.3 Å². The van der Waals surface area contributed by atoms with Crippen LogP contribution in [0.25, 0.3) is 0 Å². The van der Waals surface area contributed by atoms with Gasteiger partial charge in [-0.3, -0.25) is 0 Å². The maximum atomic E-state index is 5.98. The third kappa shape index (κ3) is 4.45. The number of halogens is 1. The molecule has 4 heteroatoms. The highest BCUT2D eigenvalue weighted by atomic mass is 35.5. The van der Waals surface area contributed by atoms with E-state index in [1.54, 1.807) is 11.3 Å². The van der Waals surface area contributed by atoms with Crippen molar-refractivity contribution in [3.8, 4) is 0 Å². The van der Waals surface area contributed by atoms with Gasteiger partial charge >= 0.3 is 0 Å². The van der Waals surface area contributed by atoms with Gasteiger partial charge in [-0.15, -0.1) is 11.3 Å². The van der Waals surface area contributed by atoms with Crippen LogP contribution in [-0.4, -0.2) is 31.1 Å². The molecule has 0 atom stereocenters. The minimum atomic E-state index is 0.388. The number of hydrogen-bond acceptors (Lipinski definition) is 3. The van der Waals surface area contributed by atoms with E-state index in [-0.39, 0.29) is 0 Å². The molecule has 1 aliphatic rings. The summed E-state index contributed by atoms with van der Waals surface area (Å²) in [7, 11) is 4.34. The molecule has 0 aliphatic heterocycles. The summed E-state index contributed by atoms with van der Waals surface area (Å²) in [5, 5.41) is 3.60. The molecule has 1 fully saturated rings. The Morgan fingerprint density at radius 2 is 2.05 bits per heavy atom. The zero-order chi connectivity index (χ0) is 13.7. The summed E-state index contributed by atoms with van der Waals surface area (Å²) in [5.74, 6) is 0. The zero-order valence-corrected chi connectivity index (χ0v) is 13.6. The Kier molecular flexibility index (Phi) is 5.70. The van der Waals surface area contributed by atoms with Crippen LogP contribution in [0.2, 0.25) is 4.34 Å². The van der Waals surface area contributed by atoms with Crippen molar-refractivity contribution in [2.45, 2.75) is 50.6 Å². The monoisotopic (exact) mass is 300 g/mol. The first kappa shape index (κ1) is 15.3. The van der Waals surface area contributed by atoms with Crippen molar-refractivity contribution in [1.82, 2.24) is 10.2 Å². The summed E-state index contributed by atoms with van der Waals surface area (Å²) in [6, 6.07) is 4.13. The molecule has 108 valence electrons. The van der Waals surface area contributed by atoms with Crippen LogP contribution in [0.1, 0.15) is 43.4 Å². The van der Waals surface area contributed by atoms with E-state index >= 15 is 0 Å². The maximum absolute atomic E-state index is 5.98. The Morgan fingerprint density at radius 3 is 2.63 bits per heavy atom. The Hall–Kier alpha value is -0.0900. The largest absolute Gasteiger partial charge is 0.314 e. The molecule has 1 aliphatic carbocycles. The van der Waals surface area contributed by atoms with Crippen LogP contribution in [0.15, 0.2) is 12.1 Å². The van der Waals surface area contributed by atoms with E-state index in [0.29, 0.717) is 5.54 Å². The Bertz CT molecular complexity index is 385. The van der Waals surface area contributed by atoms with Crippen molar-refractivity contribution < 1.29 is 0 Å². The lowest BCUT2D eigenvalue weighted by Crippen LogP contribution is -2.46. The number of nitrogens with one attached hydrogen (secondary N) is 1. The van der Waals surface area contributed by atoms with Crippen LogP contribution in [0.4, 0.5) is 0 Å². The fourth-order valence-corrected chi connectivity index (χ4v) is 4.21. The average Bonchev–Trinajstić information content (AvgIpc) is 2.83. The maximum Gasteiger partial charge on any atom is 0.0931 e. The molecular weight excluding hydrogens is 276 g/mol. The Morgan fingerprint density at radius 1 is 1.32 bits per heavy atom. The van der Waals surface area contributed by atoms with Gasteiger partial charge < -0.3 is 10.2 Å². The topological polar surface area (TPSA) is 15.3 Å². The van der Waals surface area contributed by atoms with Gasteiger partial charge in [0.2, 0.25) is 0 Å². The van der Waals surface area contributed by atoms with E-state index in [2.05, 4.69) is 30.4 Å². The van der Waals surface area contributed by atoms with Crippen LogP contribution < -0.4 is 5.32 Å². The summed E-state index contributed by atoms with van der Waals surface area (Å²) in [6.07, 6.45) is 8.09. The highest BCUT2D eigenvalue weighted by Gasteiger charge is 2.29. The minimum Gasteiger partial charge on any atom is -0.314 e. The molecular formula is C15H25ClN2S. The highest BCUT2D eigenvalue weighted by Crippen LogP contribution is 2.31. The first-order chi connectivity index (χ1) is 9.13. The van der Waals surface area contributed by atoms with Crippen LogP contribution in [-0.2, 0) is 6.54 Å². The molecule has 1 saturated carbocycles. The summed E-state index contributed by atoms with van der Waals surface area (Å²) in [4.78, 5) is 3.77. The van der Waals surface area contributed by atoms with E-state index in [1.807, 2.05) is 6.07 Å². The molecule has 1 N–H and O–H groups in total. The lowest BCUT2D eigenvalue weighted by Gasteiger charge is -2.38. The average molecular weight is 301 g/mol. The van der Waals surface area contributed by atoms with Crippen molar-refractivity contribution in [1.29, 1.82) is 0 Å². The number of rotatable bonds is 6. The van der Waals surface area contributed by atoms with Gasteiger partial charge in [0.1, 0.15) is 0 Å². The minimum absolute atomic E-state index is 0.388. The lowest BCUT2D eigenvalue weighted by atomic mass is 9.79. The standard InChI is InChI=1S/C15H25ClN2S/c1-17-15(8-4-3-5-9-15)10-11-18(2)12-13-6-7-14(16)19-13/h6-7,17H,3-5,8-12H2,1-2H3. The van der Waals surface area contributed by atoms with E-state index in [4.69, 9.17) is 11.6 Å². The van der Waals surface area contributed by atoms with Gasteiger partial charge in [0.15, 0.2) is 0 Å². The summed E-state index contributed by atoms with van der Waals surface area (Å²) in [6.45, 7) is 2.16. The fourth-order valence-electron chi connectivity index (χ4n) is 3.04. The van der Waals surface area contributed by atoms with E-state index in [9.17, 15) is 0 Å². The van der Waals surface area contributed by atoms with Gasteiger partial charge in [-0.1, -0.05) is 30.9 Å². The predicted octanol–water partition coefficient (Wildman–Crippen LogP) is 4.15. The van der Waals surface area contributed by atoms with Crippen molar-refractivity contribution in [3.63, 3.8) is 0 Å². The van der Waals surface area contributed by atoms with E-state index < -0.39 is 0 Å². The molecule has 0 unspecified atom stereocenters. The van der Waals surface area contributed by atoms with Gasteiger partial charge in [-0.05, 0) is 52.0 Å². The second-order valence-corrected chi connectivity index (χ2v) is 7.58. The number of nitrogens with zero attached hydrogens (tertiary/aromatic N) is 1. The van der Waals surface area contributed by atoms with Crippen molar-refractivity contribution in [2.75, 3.05) is 20.6 Å². The molecule has 1 aromatic heterocycles. The first-order valence-electron chi connectivity index (χ1n) is 7.25. The van der Waals surface area contributed by atoms with E-state index in [0.717, 1.165) is 17.4 Å². The van der Waals surface area contributed by atoms with E-state index in [1.165, 1.54) is 43.4 Å². The fraction of sp³-hybridized carbons (Fsp3) is 0.733. The normalized spacial score (nSPS) is 18.9. The quantitative estimate of drug-likeness (QED) is 0.849. The zero-order valence-electron chi connectivity index (χ0n) is 12.0. The first-order valence-corrected chi connectivity index (χ1v) is 8.45. The lowest BCUT2D eigenvalue weighted by molar-refractivity contribution is 0.195. The van der Waals surface area contributed by atoms with Gasteiger partial charge in [0.05, 0.1) is 4.34 Å². The Labute approximate surface area is 126 Å². The summed E-state index contributed by atoms with van der Waals surface area (Å²) >= 11 is 7.67. The van der Waals surface area contributed by atoms with Crippen LogP contribution >= 0.6 is 22.9 Å². The molecule has 0 spiro atoms. The summed E-state index contributed by atoms with van der Waals surface area (Å²) < 4.78 is 0.891. The second kappa shape index (κ2) is 7.07. The van der Waals surface area contributed by atoms with Crippen LogP contribution in [0.3, 0.4) is 0 Å². The molecule has 0 bridgehead atoms. The van der Waals surface area contributed by atoms with Gasteiger partial charge in [-0.2, -0.15) is 0 Å². The molecule has 0 aromatic carbocycles. The van der Waals surface area contributed by atoms with Crippen molar-refractivity contribution >= 4 is 22.9 Å². The molecule has 0 amide bonds. The molecule has 0 saturated heterocycles. The SMILES string of the molecule is CNC1(CCN(C)Cc2ccc(Cl)s2)CCCCC1. The molecule has 2 nitrogen and oxygen atoms in total. The molecule has 1 aromatic rings. The van der Waals surface area contributed by atoms with Gasteiger partial charge in [-0.25, -0.2) is 0 Å². The summed E-state index contributed by atoms with van der Waals surface area (Å²) in [5.41, 5.74) is 0.388. The molecule has 19 heavy (non-hydrogen) atoms. The molecule has 0 radical (unpaired) electrons. The predicted molar refractivity (Wildman–Crippen MR) is 85.2 cm³/mol. The van der Waals surface area contributed by atoms with Crippen molar-refractivity contribution in [2.24, 2.45) is 0 Å². The number of thiophene rings is 1. The molecule has 1 heterocycles. The number of hydrogen-bond donors (Lipinski definition) is 1. The van der Waals surface area contributed by atoms with Crippen LogP contribution in [0, 0.1) is 0 Å². The molecule has 2 rings (SSSR count). The Balaban J connectivity index is 1.80. The highest BCUT2D eigenvalue weighted by molar-refractivity contribution is 7.16. The third-order valence-corrected chi connectivity index (χ3v) is 5.58. The second-order valence-electron chi connectivity index (χ2n) is 5.78. The van der Waals surface area contributed by atoms with Crippen LogP contribution in [0.5, 0.6) is 0 Å². The van der Waals surface area contributed by atoms with Gasteiger partial charge in [0.25, 0.3) is 0 Å².